The second kappa shape index (κ2) is 5.68. The molecule has 1 unspecified atom stereocenters. The standard InChI is InChI=1S/C10H18F3N3O/c1-16(6-9(17)15-7-2-3-7)8(4-5-14)10(11,12)13/h7-8H,2-6,14H2,1H3,(H,15,17). The van der Waals surface area contributed by atoms with Gasteiger partial charge in [-0.05, 0) is 32.9 Å². The number of hydrogen-bond acceptors (Lipinski definition) is 3. The van der Waals surface area contributed by atoms with E-state index in [4.69, 9.17) is 5.73 Å². The largest absolute Gasteiger partial charge is 0.404 e. The first kappa shape index (κ1) is 14.2. The Kier molecular flexibility index (Phi) is 4.76. The van der Waals surface area contributed by atoms with Crippen molar-refractivity contribution >= 4 is 5.91 Å². The van der Waals surface area contributed by atoms with Crippen LogP contribution in [0.5, 0.6) is 0 Å². The van der Waals surface area contributed by atoms with Gasteiger partial charge in [0.25, 0.3) is 0 Å². The molecule has 0 saturated heterocycles. The fourth-order valence-corrected chi connectivity index (χ4v) is 1.63. The molecule has 1 amide bonds. The molecule has 0 aromatic carbocycles. The average molecular weight is 253 g/mol. The van der Waals surface area contributed by atoms with Gasteiger partial charge in [-0.2, -0.15) is 13.2 Å². The summed E-state index contributed by atoms with van der Waals surface area (Å²) < 4.78 is 38.0. The normalized spacial score (nSPS) is 18.2. The van der Waals surface area contributed by atoms with Crippen molar-refractivity contribution in [1.82, 2.24) is 10.2 Å². The molecule has 4 nitrogen and oxygen atoms in total. The minimum absolute atomic E-state index is 0.0568. The number of halogens is 3. The van der Waals surface area contributed by atoms with Crippen molar-refractivity contribution in [2.24, 2.45) is 5.73 Å². The van der Waals surface area contributed by atoms with Crippen LogP contribution >= 0.6 is 0 Å². The van der Waals surface area contributed by atoms with Gasteiger partial charge in [-0.1, -0.05) is 0 Å². The molecule has 0 aromatic rings. The van der Waals surface area contributed by atoms with Gasteiger partial charge in [-0.15, -0.1) is 0 Å². The van der Waals surface area contributed by atoms with Crippen molar-refractivity contribution in [3.8, 4) is 0 Å². The van der Waals surface area contributed by atoms with Crippen LogP contribution in [0, 0.1) is 0 Å². The van der Waals surface area contributed by atoms with Crippen LogP contribution in [0.1, 0.15) is 19.3 Å². The van der Waals surface area contributed by atoms with Gasteiger partial charge in [0.15, 0.2) is 0 Å². The molecule has 0 radical (unpaired) electrons. The fourth-order valence-electron chi connectivity index (χ4n) is 1.63. The topological polar surface area (TPSA) is 58.4 Å². The third-order valence-corrected chi connectivity index (χ3v) is 2.69. The second-order valence-corrected chi connectivity index (χ2v) is 4.39. The molecule has 0 aliphatic heterocycles. The summed E-state index contributed by atoms with van der Waals surface area (Å²) in [5.41, 5.74) is 5.16. The summed E-state index contributed by atoms with van der Waals surface area (Å²) in [5.74, 6) is -0.360. The first-order chi connectivity index (χ1) is 7.84. The van der Waals surface area contributed by atoms with Crippen LogP contribution in [0.3, 0.4) is 0 Å². The minimum Gasteiger partial charge on any atom is -0.352 e. The lowest BCUT2D eigenvalue weighted by molar-refractivity contribution is -0.182. The summed E-state index contributed by atoms with van der Waals surface area (Å²) in [6, 6.07) is -1.49. The van der Waals surface area contributed by atoms with Gasteiger partial charge in [-0.25, -0.2) is 0 Å². The number of alkyl halides is 3. The van der Waals surface area contributed by atoms with E-state index in [0.717, 1.165) is 17.7 Å². The molecule has 100 valence electrons. The Morgan fingerprint density at radius 3 is 2.53 bits per heavy atom. The summed E-state index contributed by atoms with van der Waals surface area (Å²) in [7, 11) is 1.29. The smallest absolute Gasteiger partial charge is 0.352 e. The van der Waals surface area contributed by atoms with Crippen molar-refractivity contribution in [1.29, 1.82) is 0 Å². The van der Waals surface area contributed by atoms with Crippen molar-refractivity contribution in [2.75, 3.05) is 20.1 Å². The number of nitrogens with two attached hydrogens (primary N) is 1. The van der Waals surface area contributed by atoms with Gasteiger partial charge in [0.05, 0.1) is 6.54 Å². The number of carbonyl (C=O) groups is 1. The Hall–Kier alpha value is -0.820. The van der Waals surface area contributed by atoms with Crippen molar-refractivity contribution in [3.05, 3.63) is 0 Å². The first-order valence-electron chi connectivity index (χ1n) is 5.61. The predicted molar refractivity (Wildman–Crippen MR) is 57.3 cm³/mol. The third kappa shape index (κ3) is 4.91. The van der Waals surface area contributed by atoms with Crippen LogP contribution in [-0.4, -0.2) is 49.2 Å². The van der Waals surface area contributed by atoms with Gasteiger partial charge in [0.2, 0.25) is 5.91 Å². The van der Waals surface area contributed by atoms with E-state index in [9.17, 15) is 18.0 Å². The van der Waals surface area contributed by atoms with E-state index in [0.29, 0.717) is 0 Å². The van der Waals surface area contributed by atoms with Crippen LogP contribution < -0.4 is 11.1 Å². The highest BCUT2D eigenvalue weighted by Gasteiger charge is 2.42. The van der Waals surface area contributed by atoms with Crippen molar-refractivity contribution < 1.29 is 18.0 Å². The highest BCUT2D eigenvalue weighted by molar-refractivity contribution is 5.78. The van der Waals surface area contributed by atoms with Gasteiger partial charge in [-0.3, -0.25) is 9.69 Å². The SMILES string of the molecule is CN(CC(=O)NC1CC1)C(CCN)C(F)(F)F. The summed E-state index contributed by atoms with van der Waals surface area (Å²) in [6.45, 7) is -0.306. The number of amides is 1. The number of nitrogens with one attached hydrogen (secondary N) is 1. The van der Waals surface area contributed by atoms with Gasteiger partial charge in [0, 0.05) is 6.04 Å². The summed E-state index contributed by atoms with van der Waals surface area (Å²) in [4.78, 5) is 12.4. The molecule has 7 heteroatoms. The zero-order valence-corrected chi connectivity index (χ0v) is 9.76. The molecular weight excluding hydrogens is 235 g/mol. The van der Waals surface area contributed by atoms with Crippen LogP contribution in [0.2, 0.25) is 0 Å². The molecule has 1 atom stereocenters. The molecule has 1 saturated carbocycles. The van der Waals surface area contributed by atoms with E-state index in [-0.39, 0.29) is 31.5 Å². The first-order valence-corrected chi connectivity index (χ1v) is 5.61. The quantitative estimate of drug-likeness (QED) is 0.723. The maximum absolute atomic E-state index is 12.7. The number of hydrogen-bond donors (Lipinski definition) is 2. The van der Waals surface area contributed by atoms with Crippen molar-refractivity contribution in [2.45, 2.75) is 37.5 Å². The predicted octanol–water partition coefficient (Wildman–Crippen LogP) is 0.476. The van der Waals surface area contributed by atoms with E-state index < -0.39 is 12.2 Å². The van der Waals surface area contributed by atoms with E-state index in [2.05, 4.69) is 5.32 Å². The third-order valence-electron chi connectivity index (χ3n) is 2.69. The molecule has 0 aromatic heterocycles. The summed E-state index contributed by atoms with van der Waals surface area (Å²) in [5, 5.41) is 2.65. The van der Waals surface area contributed by atoms with E-state index in [1.807, 2.05) is 0 Å². The van der Waals surface area contributed by atoms with Crippen LogP contribution in [0.15, 0.2) is 0 Å². The van der Waals surface area contributed by atoms with E-state index in [1.54, 1.807) is 0 Å². The average Bonchev–Trinajstić information content (AvgIpc) is 2.95. The van der Waals surface area contributed by atoms with Gasteiger partial charge < -0.3 is 11.1 Å². The maximum atomic E-state index is 12.7. The summed E-state index contributed by atoms with van der Waals surface area (Å²) in [6.07, 6.45) is -2.72. The lowest BCUT2D eigenvalue weighted by atomic mass is 10.1. The monoisotopic (exact) mass is 253 g/mol. The molecule has 3 N–H and O–H groups in total. The van der Waals surface area contributed by atoms with Crippen LogP contribution in [0.25, 0.3) is 0 Å². The molecule has 1 aliphatic rings. The Morgan fingerprint density at radius 2 is 2.12 bits per heavy atom. The second-order valence-electron chi connectivity index (χ2n) is 4.39. The Labute approximate surface area is 98.3 Å². The number of nitrogens with zero attached hydrogens (tertiary/aromatic N) is 1. The van der Waals surface area contributed by atoms with E-state index >= 15 is 0 Å². The number of carbonyl (C=O) groups excluding carboxylic acids is 1. The van der Waals surface area contributed by atoms with E-state index in [1.165, 1.54) is 7.05 Å². The minimum atomic E-state index is -4.35. The van der Waals surface area contributed by atoms with Crippen LogP contribution in [-0.2, 0) is 4.79 Å². The number of rotatable bonds is 6. The molecule has 0 spiro atoms. The maximum Gasteiger partial charge on any atom is 0.404 e. The molecule has 1 rings (SSSR count). The molecule has 1 aliphatic carbocycles. The molecule has 0 heterocycles. The molecular formula is C10H18F3N3O. The molecule has 17 heavy (non-hydrogen) atoms. The summed E-state index contributed by atoms with van der Waals surface area (Å²) >= 11 is 0. The zero-order valence-electron chi connectivity index (χ0n) is 9.76. The number of likely N-dealkylation sites (N-methyl/N-ethyl adjacent to an activating group) is 1. The van der Waals surface area contributed by atoms with Crippen molar-refractivity contribution in [3.63, 3.8) is 0 Å². The highest BCUT2D eigenvalue weighted by atomic mass is 19.4. The van der Waals surface area contributed by atoms with Gasteiger partial charge in [0.1, 0.15) is 6.04 Å². The highest BCUT2D eigenvalue weighted by Crippen LogP contribution is 2.26. The Balaban J connectivity index is 2.45. The fraction of sp³-hybridized carbons (Fsp3) is 0.900. The van der Waals surface area contributed by atoms with Crippen LogP contribution in [0.4, 0.5) is 13.2 Å². The lowest BCUT2D eigenvalue weighted by Gasteiger charge is -2.29. The lowest BCUT2D eigenvalue weighted by Crippen LogP contribution is -2.48. The molecule has 1 fully saturated rings. The van der Waals surface area contributed by atoms with Gasteiger partial charge >= 0.3 is 6.18 Å². The molecule has 0 bridgehead atoms. The zero-order chi connectivity index (χ0) is 13.1. The Morgan fingerprint density at radius 1 is 1.53 bits per heavy atom. The Bertz CT molecular complexity index is 266.